The Morgan fingerprint density at radius 3 is 2.67 bits per heavy atom. The number of fused-ring (bicyclic) bond motifs is 1. The van der Waals surface area contributed by atoms with Gasteiger partial charge in [0.15, 0.2) is 0 Å². The molecule has 0 spiro atoms. The zero-order chi connectivity index (χ0) is 6.27. The van der Waals surface area contributed by atoms with Crippen LogP contribution in [0.15, 0.2) is 0 Å². The molecule has 0 radical (unpaired) electrons. The SMILES string of the molecule is CNCC1C2CNCC12. The maximum atomic E-state index is 3.38. The van der Waals surface area contributed by atoms with E-state index in [0.29, 0.717) is 0 Å². The maximum Gasteiger partial charge on any atom is -0.00139 e. The monoisotopic (exact) mass is 126 g/mol. The van der Waals surface area contributed by atoms with Crippen LogP contribution in [0, 0.1) is 17.8 Å². The molecule has 9 heavy (non-hydrogen) atoms. The second kappa shape index (κ2) is 1.96. The Morgan fingerprint density at radius 1 is 1.44 bits per heavy atom. The summed E-state index contributed by atoms with van der Waals surface area (Å²) in [7, 11) is 2.04. The molecule has 2 unspecified atom stereocenters. The number of hydrogen-bond acceptors (Lipinski definition) is 2. The zero-order valence-corrected chi connectivity index (χ0v) is 5.85. The lowest BCUT2D eigenvalue weighted by molar-refractivity contribution is 0.567. The molecule has 2 atom stereocenters. The molecule has 1 saturated carbocycles. The average molecular weight is 126 g/mol. The Hall–Kier alpha value is -0.0800. The van der Waals surface area contributed by atoms with Gasteiger partial charge in [-0.05, 0) is 44.4 Å². The van der Waals surface area contributed by atoms with Gasteiger partial charge in [-0.25, -0.2) is 0 Å². The quantitative estimate of drug-likeness (QED) is 0.529. The molecule has 2 N–H and O–H groups in total. The van der Waals surface area contributed by atoms with Crippen molar-refractivity contribution in [3.63, 3.8) is 0 Å². The minimum absolute atomic E-state index is 1.01. The van der Waals surface area contributed by atoms with E-state index in [1.54, 1.807) is 0 Å². The molecular weight excluding hydrogens is 112 g/mol. The summed E-state index contributed by atoms with van der Waals surface area (Å²) in [6, 6.07) is 0. The first-order valence-corrected chi connectivity index (χ1v) is 3.79. The van der Waals surface area contributed by atoms with Crippen LogP contribution in [-0.2, 0) is 0 Å². The molecule has 1 saturated heterocycles. The van der Waals surface area contributed by atoms with Crippen LogP contribution in [0.3, 0.4) is 0 Å². The molecular formula is C7H14N2. The highest BCUT2D eigenvalue weighted by Crippen LogP contribution is 2.47. The van der Waals surface area contributed by atoms with E-state index in [4.69, 9.17) is 0 Å². The van der Waals surface area contributed by atoms with E-state index < -0.39 is 0 Å². The van der Waals surface area contributed by atoms with E-state index >= 15 is 0 Å². The summed E-state index contributed by atoms with van der Waals surface area (Å²) in [6.45, 7) is 3.78. The standard InChI is InChI=1S/C7H14N2/c1-8-2-5-6-3-9-4-7(5)6/h5-9H,2-4H2,1H3. The van der Waals surface area contributed by atoms with Crippen LogP contribution >= 0.6 is 0 Å². The van der Waals surface area contributed by atoms with Gasteiger partial charge >= 0.3 is 0 Å². The fraction of sp³-hybridized carbons (Fsp3) is 1.00. The topological polar surface area (TPSA) is 24.1 Å². The predicted molar refractivity (Wildman–Crippen MR) is 37.3 cm³/mol. The molecule has 0 aromatic carbocycles. The van der Waals surface area contributed by atoms with Crippen molar-refractivity contribution in [1.29, 1.82) is 0 Å². The van der Waals surface area contributed by atoms with Crippen LogP contribution in [0.25, 0.3) is 0 Å². The Balaban J connectivity index is 1.81. The lowest BCUT2D eigenvalue weighted by Crippen LogP contribution is -2.20. The first-order chi connectivity index (χ1) is 4.43. The van der Waals surface area contributed by atoms with Gasteiger partial charge in [0.1, 0.15) is 0 Å². The van der Waals surface area contributed by atoms with Gasteiger partial charge in [-0.15, -0.1) is 0 Å². The third kappa shape index (κ3) is 0.775. The lowest BCUT2D eigenvalue weighted by Gasteiger charge is -2.01. The first-order valence-electron chi connectivity index (χ1n) is 3.79. The summed E-state index contributed by atoms with van der Waals surface area (Å²) < 4.78 is 0. The normalized spacial score (nSPS) is 47.0. The van der Waals surface area contributed by atoms with Gasteiger partial charge in [-0.1, -0.05) is 0 Å². The summed E-state index contributed by atoms with van der Waals surface area (Å²) in [5.74, 6) is 3.06. The smallest absolute Gasteiger partial charge is 0.00139 e. The third-order valence-corrected chi connectivity index (χ3v) is 2.71. The molecule has 2 fully saturated rings. The third-order valence-electron chi connectivity index (χ3n) is 2.71. The van der Waals surface area contributed by atoms with Crippen molar-refractivity contribution >= 4 is 0 Å². The van der Waals surface area contributed by atoms with Crippen molar-refractivity contribution in [1.82, 2.24) is 10.6 Å². The molecule has 1 aliphatic heterocycles. The van der Waals surface area contributed by atoms with Crippen LogP contribution in [-0.4, -0.2) is 26.7 Å². The van der Waals surface area contributed by atoms with Crippen LogP contribution in [0.1, 0.15) is 0 Å². The van der Waals surface area contributed by atoms with E-state index in [-0.39, 0.29) is 0 Å². The Kier molecular flexibility index (Phi) is 1.24. The van der Waals surface area contributed by atoms with Crippen molar-refractivity contribution in [3.8, 4) is 0 Å². The molecule has 0 aromatic heterocycles. The lowest BCUT2D eigenvalue weighted by atomic mass is 10.3. The second-order valence-corrected chi connectivity index (χ2v) is 3.21. The van der Waals surface area contributed by atoms with Crippen molar-refractivity contribution in [2.45, 2.75) is 0 Å². The highest BCUT2D eigenvalue weighted by Gasteiger charge is 2.51. The fourth-order valence-electron chi connectivity index (χ4n) is 2.08. The Morgan fingerprint density at radius 2 is 2.11 bits per heavy atom. The molecule has 0 amide bonds. The highest BCUT2D eigenvalue weighted by molar-refractivity contribution is 5.04. The van der Waals surface area contributed by atoms with E-state index in [0.717, 1.165) is 17.8 Å². The molecule has 1 aliphatic carbocycles. The number of piperidine rings is 1. The van der Waals surface area contributed by atoms with Crippen LogP contribution in [0.4, 0.5) is 0 Å². The summed E-state index contributed by atoms with van der Waals surface area (Å²) in [5.41, 5.74) is 0. The summed E-state index contributed by atoms with van der Waals surface area (Å²) in [5, 5.41) is 6.61. The van der Waals surface area contributed by atoms with Gasteiger partial charge in [-0.2, -0.15) is 0 Å². The average Bonchev–Trinajstić information content (AvgIpc) is 2.39. The molecule has 2 rings (SSSR count). The Bertz CT molecular complexity index is 103. The highest BCUT2D eigenvalue weighted by atomic mass is 15.0. The minimum Gasteiger partial charge on any atom is -0.319 e. The van der Waals surface area contributed by atoms with Crippen molar-refractivity contribution < 1.29 is 0 Å². The number of rotatable bonds is 2. The van der Waals surface area contributed by atoms with Crippen molar-refractivity contribution in [2.75, 3.05) is 26.7 Å². The van der Waals surface area contributed by atoms with E-state index in [1.807, 2.05) is 7.05 Å². The van der Waals surface area contributed by atoms with Gasteiger partial charge in [0.2, 0.25) is 0 Å². The van der Waals surface area contributed by atoms with Gasteiger partial charge < -0.3 is 10.6 Å². The summed E-state index contributed by atoms with van der Waals surface area (Å²) >= 11 is 0. The van der Waals surface area contributed by atoms with Crippen LogP contribution < -0.4 is 10.6 Å². The molecule has 2 heteroatoms. The minimum atomic E-state index is 1.01. The molecule has 2 nitrogen and oxygen atoms in total. The Labute approximate surface area is 56.0 Å². The number of hydrogen-bond donors (Lipinski definition) is 2. The van der Waals surface area contributed by atoms with Crippen LogP contribution in [0.2, 0.25) is 0 Å². The predicted octanol–water partition coefficient (Wildman–Crippen LogP) is -0.329. The fourth-order valence-corrected chi connectivity index (χ4v) is 2.08. The van der Waals surface area contributed by atoms with E-state index in [9.17, 15) is 0 Å². The number of nitrogens with one attached hydrogen (secondary N) is 2. The zero-order valence-electron chi connectivity index (χ0n) is 5.85. The second-order valence-electron chi connectivity index (χ2n) is 3.21. The van der Waals surface area contributed by atoms with Crippen LogP contribution in [0.5, 0.6) is 0 Å². The summed E-state index contributed by atoms with van der Waals surface area (Å²) in [4.78, 5) is 0. The largest absolute Gasteiger partial charge is 0.319 e. The molecule has 0 aromatic rings. The molecule has 1 heterocycles. The van der Waals surface area contributed by atoms with Gasteiger partial charge in [0, 0.05) is 0 Å². The summed E-state index contributed by atoms with van der Waals surface area (Å²) in [6.07, 6.45) is 0. The van der Waals surface area contributed by atoms with E-state index in [2.05, 4.69) is 10.6 Å². The van der Waals surface area contributed by atoms with Gasteiger partial charge in [-0.3, -0.25) is 0 Å². The van der Waals surface area contributed by atoms with E-state index in [1.165, 1.54) is 19.6 Å². The first kappa shape index (κ1) is 5.69. The molecule has 0 bridgehead atoms. The molecule has 2 aliphatic rings. The van der Waals surface area contributed by atoms with Gasteiger partial charge in [0.05, 0.1) is 0 Å². The maximum absolute atomic E-state index is 3.38. The molecule has 52 valence electrons. The van der Waals surface area contributed by atoms with Crippen molar-refractivity contribution in [3.05, 3.63) is 0 Å². The van der Waals surface area contributed by atoms with Crippen molar-refractivity contribution in [2.24, 2.45) is 17.8 Å². The van der Waals surface area contributed by atoms with Gasteiger partial charge in [0.25, 0.3) is 0 Å².